The predicted molar refractivity (Wildman–Crippen MR) is 119 cm³/mol. The van der Waals surface area contributed by atoms with Gasteiger partial charge >= 0.3 is 0 Å². The van der Waals surface area contributed by atoms with Crippen LogP contribution in [0.1, 0.15) is 29.7 Å². The number of hydrogen-bond acceptors (Lipinski definition) is 7. The lowest BCUT2D eigenvalue weighted by molar-refractivity contribution is -0.384. The van der Waals surface area contributed by atoms with Gasteiger partial charge in [-0.05, 0) is 30.7 Å². The first-order chi connectivity index (χ1) is 15.0. The number of aromatic nitrogens is 1. The fraction of sp³-hybridized carbons (Fsp3) is 0.136. The first-order valence-electron chi connectivity index (χ1n) is 9.37. The molecule has 3 rings (SSSR count). The van der Waals surface area contributed by atoms with Crippen molar-refractivity contribution in [2.45, 2.75) is 13.0 Å². The van der Waals surface area contributed by atoms with E-state index in [1.54, 1.807) is 32.2 Å². The number of nitrogens with two attached hydrogens (primary N) is 1. The van der Waals surface area contributed by atoms with E-state index in [1.165, 1.54) is 12.3 Å². The highest BCUT2D eigenvalue weighted by molar-refractivity contribution is 6.47. The van der Waals surface area contributed by atoms with Crippen molar-refractivity contribution in [2.75, 3.05) is 12.4 Å². The zero-order valence-corrected chi connectivity index (χ0v) is 17.0. The molecule has 0 saturated heterocycles. The number of hydrazone groups is 1. The monoisotopic (exact) mass is 420 g/mol. The third-order valence-corrected chi connectivity index (χ3v) is 4.77. The number of pyridine rings is 1. The van der Waals surface area contributed by atoms with Crippen LogP contribution in [0, 0.1) is 15.9 Å². The Morgan fingerprint density at radius 3 is 2.58 bits per heavy atom. The number of halogens is 1. The molecule has 3 aromatic rings. The van der Waals surface area contributed by atoms with E-state index < -0.39 is 16.8 Å². The SMILES string of the molecule is CN=C(C(C)=NN)c1ccc([N+](=O)[O-])c(NC(c2ccccc2)c2ccncc2F)c1. The molecule has 3 N–H and O–H groups in total. The molecule has 1 unspecified atom stereocenters. The third kappa shape index (κ3) is 4.72. The smallest absolute Gasteiger partial charge is 0.292 e. The Bertz CT molecular complexity index is 1150. The largest absolute Gasteiger partial charge is 0.368 e. The molecule has 0 saturated carbocycles. The van der Waals surface area contributed by atoms with Crippen molar-refractivity contribution in [2.24, 2.45) is 15.9 Å². The van der Waals surface area contributed by atoms with Gasteiger partial charge in [0.25, 0.3) is 5.69 Å². The van der Waals surface area contributed by atoms with Gasteiger partial charge in [0, 0.05) is 30.4 Å². The number of nitrogens with one attached hydrogen (secondary N) is 1. The van der Waals surface area contributed by atoms with E-state index in [0.717, 1.165) is 11.8 Å². The van der Waals surface area contributed by atoms with Crippen LogP contribution in [0.25, 0.3) is 0 Å². The van der Waals surface area contributed by atoms with Gasteiger partial charge in [0.1, 0.15) is 11.5 Å². The number of rotatable bonds is 7. The van der Waals surface area contributed by atoms with Gasteiger partial charge in [0.2, 0.25) is 0 Å². The minimum Gasteiger partial charge on any atom is -0.368 e. The van der Waals surface area contributed by atoms with Crippen LogP contribution in [0.5, 0.6) is 0 Å². The lowest BCUT2D eigenvalue weighted by Crippen LogP contribution is -2.17. The molecule has 0 radical (unpaired) electrons. The lowest BCUT2D eigenvalue weighted by atomic mass is 9.98. The average molecular weight is 420 g/mol. The average Bonchev–Trinajstić information content (AvgIpc) is 2.79. The Morgan fingerprint density at radius 1 is 1.23 bits per heavy atom. The van der Waals surface area contributed by atoms with Gasteiger partial charge in [-0.1, -0.05) is 30.3 Å². The Hall–Kier alpha value is -4.14. The zero-order valence-electron chi connectivity index (χ0n) is 17.0. The summed E-state index contributed by atoms with van der Waals surface area (Å²) in [6.45, 7) is 1.69. The molecule has 0 aliphatic carbocycles. The maximum absolute atomic E-state index is 14.6. The molecule has 0 spiro atoms. The van der Waals surface area contributed by atoms with Gasteiger partial charge in [-0.2, -0.15) is 5.10 Å². The van der Waals surface area contributed by atoms with Crippen LogP contribution in [0.2, 0.25) is 0 Å². The van der Waals surface area contributed by atoms with E-state index in [2.05, 4.69) is 20.4 Å². The van der Waals surface area contributed by atoms with Crippen LogP contribution in [-0.2, 0) is 0 Å². The molecule has 0 aliphatic rings. The van der Waals surface area contributed by atoms with Gasteiger partial charge in [0.15, 0.2) is 0 Å². The van der Waals surface area contributed by atoms with Crippen molar-refractivity contribution in [1.29, 1.82) is 0 Å². The molecule has 31 heavy (non-hydrogen) atoms. The highest BCUT2D eigenvalue weighted by atomic mass is 19.1. The molecule has 2 aromatic carbocycles. The number of nitro groups is 1. The van der Waals surface area contributed by atoms with Crippen LogP contribution in [0.15, 0.2) is 77.1 Å². The van der Waals surface area contributed by atoms with E-state index in [4.69, 9.17) is 5.84 Å². The summed E-state index contributed by atoms with van der Waals surface area (Å²) < 4.78 is 14.6. The predicted octanol–water partition coefficient (Wildman–Crippen LogP) is 4.08. The van der Waals surface area contributed by atoms with Crippen molar-refractivity contribution < 1.29 is 9.31 Å². The zero-order chi connectivity index (χ0) is 22.4. The maximum atomic E-state index is 14.6. The number of nitrogens with zero attached hydrogens (tertiary/aromatic N) is 4. The van der Waals surface area contributed by atoms with Crippen LogP contribution >= 0.6 is 0 Å². The van der Waals surface area contributed by atoms with Crippen molar-refractivity contribution in [1.82, 2.24) is 4.98 Å². The fourth-order valence-corrected chi connectivity index (χ4v) is 3.28. The molecule has 1 heterocycles. The topological polar surface area (TPSA) is 119 Å². The third-order valence-electron chi connectivity index (χ3n) is 4.77. The standard InChI is InChI=1S/C22H21FN6O2/c1-14(28-24)21(25-2)16-8-9-20(29(30)31)19(12-16)27-22(15-6-4-3-5-7-15)17-10-11-26-13-18(17)23/h3-13,22,27H,24H2,1-2H3. The van der Waals surface area contributed by atoms with Crippen molar-refractivity contribution >= 4 is 22.8 Å². The summed E-state index contributed by atoms with van der Waals surface area (Å²) in [5.41, 5.74) is 2.65. The highest BCUT2D eigenvalue weighted by Crippen LogP contribution is 2.33. The van der Waals surface area contributed by atoms with Crippen molar-refractivity contribution in [3.8, 4) is 0 Å². The minimum atomic E-state index is -0.690. The molecule has 0 bridgehead atoms. The van der Waals surface area contributed by atoms with Gasteiger partial charge in [0.05, 0.1) is 28.6 Å². The van der Waals surface area contributed by atoms with Crippen molar-refractivity contribution in [3.63, 3.8) is 0 Å². The molecule has 1 atom stereocenters. The number of aliphatic imine (C=N–C) groups is 1. The first kappa shape index (κ1) is 21.6. The van der Waals surface area contributed by atoms with Crippen LogP contribution < -0.4 is 11.2 Å². The Labute approximate surface area is 178 Å². The summed E-state index contributed by atoms with van der Waals surface area (Å²) in [5.74, 6) is 4.86. The summed E-state index contributed by atoms with van der Waals surface area (Å²) in [6, 6.07) is 14.5. The highest BCUT2D eigenvalue weighted by Gasteiger charge is 2.23. The molecule has 0 aliphatic heterocycles. The second kappa shape index (κ2) is 9.57. The van der Waals surface area contributed by atoms with Gasteiger partial charge in [-0.25, -0.2) is 4.39 Å². The number of anilines is 1. The van der Waals surface area contributed by atoms with E-state index in [1.807, 2.05) is 30.3 Å². The molecule has 9 heteroatoms. The minimum absolute atomic E-state index is 0.156. The summed E-state index contributed by atoms with van der Waals surface area (Å²) in [4.78, 5) is 19.2. The molecule has 158 valence electrons. The molecular formula is C22H21FN6O2. The molecule has 8 nitrogen and oxygen atoms in total. The van der Waals surface area contributed by atoms with Crippen LogP contribution in [0.4, 0.5) is 15.8 Å². The van der Waals surface area contributed by atoms with E-state index in [0.29, 0.717) is 22.6 Å². The molecule has 1 aromatic heterocycles. The number of benzene rings is 2. The Kier molecular flexibility index (Phi) is 6.66. The van der Waals surface area contributed by atoms with Crippen molar-refractivity contribution in [3.05, 3.63) is 99.6 Å². The first-order valence-corrected chi connectivity index (χ1v) is 9.37. The number of nitro benzene ring substituents is 1. The molecular weight excluding hydrogens is 399 g/mol. The van der Waals surface area contributed by atoms with E-state index in [9.17, 15) is 14.5 Å². The van der Waals surface area contributed by atoms with Gasteiger partial charge in [-0.15, -0.1) is 0 Å². The second-order valence-corrected chi connectivity index (χ2v) is 6.66. The second-order valence-electron chi connectivity index (χ2n) is 6.66. The normalized spacial score (nSPS) is 13.0. The Balaban J connectivity index is 2.15. The van der Waals surface area contributed by atoms with Crippen LogP contribution in [0.3, 0.4) is 0 Å². The summed E-state index contributed by atoms with van der Waals surface area (Å²) in [6.07, 6.45) is 2.59. The quantitative estimate of drug-likeness (QED) is 0.258. The Morgan fingerprint density at radius 2 is 1.97 bits per heavy atom. The summed E-state index contributed by atoms with van der Waals surface area (Å²) >= 11 is 0. The fourth-order valence-electron chi connectivity index (χ4n) is 3.28. The van der Waals surface area contributed by atoms with E-state index >= 15 is 0 Å². The van der Waals surface area contributed by atoms with E-state index in [-0.39, 0.29) is 11.4 Å². The summed E-state index contributed by atoms with van der Waals surface area (Å²) in [5, 5.41) is 18.5. The van der Waals surface area contributed by atoms with Gasteiger partial charge in [-0.3, -0.25) is 20.1 Å². The lowest BCUT2D eigenvalue weighted by Gasteiger charge is -2.22. The molecule has 0 amide bonds. The maximum Gasteiger partial charge on any atom is 0.292 e. The number of hydrogen-bond donors (Lipinski definition) is 2. The van der Waals surface area contributed by atoms with Crippen LogP contribution in [-0.4, -0.2) is 28.4 Å². The van der Waals surface area contributed by atoms with Gasteiger partial charge < -0.3 is 11.2 Å². The summed E-state index contributed by atoms with van der Waals surface area (Å²) in [7, 11) is 1.58. The molecule has 0 fully saturated rings.